The van der Waals surface area contributed by atoms with Gasteiger partial charge in [0.15, 0.2) is 11.5 Å². The molecular weight excluding hydrogens is 519 g/mol. The largest absolute Gasteiger partial charge is 0.431 e. The zero-order valence-electron chi connectivity index (χ0n) is 27.0. The molecule has 0 amide bonds. The van der Waals surface area contributed by atoms with Crippen LogP contribution in [0.3, 0.4) is 0 Å². The van der Waals surface area contributed by atoms with Crippen molar-refractivity contribution in [2.45, 2.75) is 93.9 Å². The first-order chi connectivity index (χ1) is 19.1. The molecule has 41 heavy (non-hydrogen) atoms. The Bertz CT molecular complexity index is 1540. The van der Waals surface area contributed by atoms with Gasteiger partial charge in [0, 0.05) is 5.56 Å². The molecule has 0 fully saturated rings. The maximum atomic E-state index is 6.99. The molecule has 0 spiro atoms. The van der Waals surface area contributed by atoms with Gasteiger partial charge < -0.3 is 9.05 Å². The first-order valence-corrected chi connectivity index (χ1v) is 15.9. The third-order valence-electron chi connectivity index (χ3n) is 8.20. The maximum Gasteiger partial charge on any atom is 0.327 e. The lowest BCUT2D eigenvalue weighted by Crippen LogP contribution is -2.17. The third kappa shape index (κ3) is 5.44. The molecule has 1 aliphatic rings. The van der Waals surface area contributed by atoms with Crippen LogP contribution in [0.2, 0.25) is 0 Å². The quantitative estimate of drug-likeness (QED) is 0.230. The first kappa shape index (κ1) is 29.4. The summed E-state index contributed by atoms with van der Waals surface area (Å²) in [5.74, 6) is 1.76. The molecule has 4 aromatic rings. The van der Waals surface area contributed by atoms with Crippen molar-refractivity contribution in [1.82, 2.24) is 0 Å². The number of hydrogen-bond acceptors (Lipinski definition) is 2. The average molecular weight is 565 g/mol. The molecule has 1 heterocycles. The van der Waals surface area contributed by atoms with Gasteiger partial charge in [-0.25, -0.2) is 0 Å². The van der Waals surface area contributed by atoms with Crippen LogP contribution in [0, 0.1) is 41.5 Å². The van der Waals surface area contributed by atoms with E-state index in [1.165, 1.54) is 66.8 Å². The number of benzene rings is 4. The summed E-state index contributed by atoms with van der Waals surface area (Å²) in [6.45, 7) is 26.8. The molecular formula is C38H45O2P. The molecule has 1 unspecified atom stereocenters. The standard InChI is InChI=1S/C38H45O2P/c1-22-16-24(3)33(25(4)17-22)29-14-13-15-30(34-26(5)18-23(2)19-27(34)6)36(29)41-39-32-21-28(37(7,8)9)20-31(35(32)40-41)38(10,11)12/h13-21H,1-12H3. The van der Waals surface area contributed by atoms with Gasteiger partial charge in [0.05, 0.1) is 5.30 Å². The minimum Gasteiger partial charge on any atom is -0.431 e. The van der Waals surface area contributed by atoms with E-state index in [0.29, 0.717) is 0 Å². The summed E-state index contributed by atoms with van der Waals surface area (Å²) in [7, 11) is -1.43. The summed E-state index contributed by atoms with van der Waals surface area (Å²) >= 11 is 0. The zero-order chi connectivity index (χ0) is 30.0. The Hall–Kier alpha value is -3.09. The van der Waals surface area contributed by atoms with Crippen LogP contribution in [0.25, 0.3) is 22.3 Å². The summed E-state index contributed by atoms with van der Waals surface area (Å²) < 4.78 is 13.9. The summed E-state index contributed by atoms with van der Waals surface area (Å²) in [4.78, 5) is 0. The van der Waals surface area contributed by atoms with E-state index in [1.54, 1.807) is 0 Å². The second-order valence-electron chi connectivity index (χ2n) is 14.0. The summed E-state index contributed by atoms with van der Waals surface area (Å²) in [6.07, 6.45) is 0. The Morgan fingerprint density at radius 2 is 1.02 bits per heavy atom. The number of hydrogen-bond donors (Lipinski definition) is 0. The van der Waals surface area contributed by atoms with Crippen molar-refractivity contribution in [2.24, 2.45) is 0 Å². The molecule has 0 bridgehead atoms. The molecule has 2 nitrogen and oxygen atoms in total. The predicted octanol–water partition coefficient (Wildman–Crippen LogP) is 10.9. The van der Waals surface area contributed by atoms with Crippen LogP contribution in [-0.4, -0.2) is 0 Å². The average Bonchev–Trinajstić information content (AvgIpc) is 3.25. The smallest absolute Gasteiger partial charge is 0.327 e. The molecule has 0 N–H and O–H groups in total. The van der Waals surface area contributed by atoms with Crippen molar-refractivity contribution in [3.05, 3.63) is 99.1 Å². The Kier molecular flexibility index (Phi) is 7.40. The lowest BCUT2D eigenvalue weighted by atomic mass is 9.80. The molecule has 0 aromatic heterocycles. The zero-order valence-corrected chi connectivity index (χ0v) is 27.9. The summed E-state index contributed by atoms with van der Waals surface area (Å²) in [6, 6.07) is 20.4. The summed E-state index contributed by atoms with van der Waals surface area (Å²) in [5, 5.41) is 1.15. The van der Waals surface area contributed by atoms with E-state index < -0.39 is 8.38 Å². The molecule has 1 aliphatic heterocycles. The van der Waals surface area contributed by atoms with Crippen LogP contribution in [0.5, 0.6) is 11.5 Å². The van der Waals surface area contributed by atoms with Crippen LogP contribution in [0.4, 0.5) is 0 Å². The fourth-order valence-electron chi connectivity index (χ4n) is 6.39. The van der Waals surface area contributed by atoms with E-state index in [-0.39, 0.29) is 10.8 Å². The van der Waals surface area contributed by atoms with Crippen molar-refractivity contribution in [3.8, 4) is 33.8 Å². The van der Waals surface area contributed by atoms with E-state index in [9.17, 15) is 0 Å². The van der Waals surface area contributed by atoms with Crippen molar-refractivity contribution < 1.29 is 9.05 Å². The van der Waals surface area contributed by atoms with Crippen LogP contribution < -0.4 is 14.4 Å². The topological polar surface area (TPSA) is 18.5 Å². The second-order valence-corrected chi connectivity index (χ2v) is 15.4. The van der Waals surface area contributed by atoms with E-state index >= 15 is 0 Å². The SMILES string of the molecule is Cc1cc(C)c(-c2cccc(-c3c(C)cc(C)cc3C)c2P2Oc3cc(C(C)(C)C)cc(C(C)(C)C)c3O2)c(C)c1. The van der Waals surface area contributed by atoms with Gasteiger partial charge in [-0.3, -0.25) is 0 Å². The molecule has 0 saturated carbocycles. The van der Waals surface area contributed by atoms with Gasteiger partial charge in [0.25, 0.3) is 0 Å². The third-order valence-corrected chi connectivity index (χ3v) is 9.75. The Labute approximate surface area is 249 Å². The van der Waals surface area contributed by atoms with E-state index in [0.717, 1.165) is 16.8 Å². The monoisotopic (exact) mass is 564 g/mol. The highest BCUT2D eigenvalue weighted by molar-refractivity contribution is 7.57. The van der Waals surface area contributed by atoms with Gasteiger partial charge in [0.2, 0.25) is 0 Å². The predicted molar refractivity (Wildman–Crippen MR) is 177 cm³/mol. The Morgan fingerprint density at radius 1 is 0.561 bits per heavy atom. The van der Waals surface area contributed by atoms with Gasteiger partial charge >= 0.3 is 8.38 Å². The molecule has 0 saturated heterocycles. The van der Waals surface area contributed by atoms with Crippen molar-refractivity contribution in [1.29, 1.82) is 0 Å². The van der Waals surface area contributed by atoms with Crippen LogP contribution >= 0.6 is 8.38 Å². The lowest BCUT2D eigenvalue weighted by Gasteiger charge is -2.26. The number of fused-ring (bicyclic) bond motifs is 1. The van der Waals surface area contributed by atoms with Crippen molar-refractivity contribution in [3.63, 3.8) is 0 Å². The Morgan fingerprint density at radius 3 is 1.44 bits per heavy atom. The van der Waals surface area contributed by atoms with E-state index in [2.05, 4.69) is 138 Å². The first-order valence-electron chi connectivity index (χ1n) is 14.7. The minimum absolute atomic E-state index is 0.000944. The molecule has 4 aromatic carbocycles. The van der Waals surface area contributed by atoms with Crippen LogP contribution in [-0.2, 0) is 10.8 Å². The van der Waals surface area contributed by atoms with Crippen molar-refractivity contribution in [2.75, 3.05) is 0 Å². The van der Waals surface area contributed by atoms with Gasteiger partial charge in [-0.2, -0.15) is 0 Å². The van der Waals surface area contributed by atoms with Gasteiger partial charge in [-0.1, -0.05) is 101 Å². The Balaban J connectivity index is 1.80. The maximum absolute atomic E-state index is 6.99. The summed E-state index contributed by atoms with van der Waals surface area (Å²) in [5.41, 5.74) is 15.0. The van der Waals surface area contributed by atoms with E-state index in [1.807, 2.05) is 0 Å². The lowest BCUT2D eigenvalue weighted by molar-refractivity contribution is 0.536. The molecule has 214 valence electrons. The number of rotatable bonds is 3. The highest BCUT2D eigenvalue weighted by Crippen LogP contribution is 2.58. The second kappa shape index (κ2) is 10.3. The molecule has 5 rings (SSSR count). The fraction of sp³-hybridized carbons (Fsp3) is 0.368. The van der Waals surface area contributed by atoms with Crippen LogP contribution in [0.15, 0.2) is 54.6 Å². The minimum atomic E-state index is -1.43. The van der Waals surface area contributed by atoms with Gasteiger partial charge in [-0.15, -0.1) is 0 Å². The highest BCUT2D eigenvalue weighted by atomic mass is 31.2. The van der Waals surface area contributed by atoms with E-state index in [4.69, 9.17) is 9.05 Å². The fourth-order valence-corrected chi connectivity index (χ4v) is 8.04. The number of aryl methyl sites for hydroxylation is 6. The molecule has 0 aliphatic carbocycles. The van der Waals surface area contributed by atoms with Gasteiger partial charge in [0.1, 0.15) is 0 Å². The van der Waals surface area contributed by atoms with Crippen molar-refractivity contribution >= 4 is 13.7 Å². The highest BCUT2D eigenvalue weighted by Gasteiger charge is 2.38. The van der Waals surface area contributed by atoms with Crippen LogP contribution in [0.1, 0.15) is 86.1 Å². The molecule has 1 atom stereocenters. The molecule has 0 radical (unpaired) electrons. The molecule has 3 heteroatoms. The van der Waals surface area contributed by atoms with Gasteiger partial charge in [-0.05, 0) is 109 Å². The normalized spacial score (nSPS) is 15.0.